The van der Waals surface area contributed by atoms with Crippen molar-refractivity contribution in [2.75, 3.05) is 19.6 Å². The summed E-state index contributed by atoms with van der Waals surface area (Å²) in [5.41, 5.74) is 1.73. The van der Waals surface area contributed by atoms with Crippen molar-refractivity contribution in [2.24, 2.45) is 0 Å². The number of furan rings is 1. The summed E-state index contributed by atoms with van der Waals surface area (Å²) >= 11 is 0. The average molecular weight is 369 g/mol. The van der Waals surface area contributed by atoms with Crippen LogP contribution in [-0.4, -0.2) is 36.5 Å². The molecule has 1 aromatic heterocycles. The molecule has 144 valence electrons. The lowest BCUT2D eigenvalue weighted by Crippen LogP contribution is -2.44. The van der Waals surface area contributed by atoms with E-state index in [1.807, 2.05) is 55.1 Å². The molecule has 27 heavy (non-hydrogen) atoms. The Hall–Kier alpha value is -2.76. The van der Waals surface area contributed by atoms with E-state index in [-0.39, 0.29) is 17.9 Å². The number of likely N-dealkylation sites (tertiary alicyclic amines) is 1. The van der Waals surface area contributed by atoms with Crippen molar-refractivity contribution in [1.82, 2.24) is 15.5 Å². The lowest BCUT2D eigenvalue weighted by molar-refractivity contribution is 0.0947. The predicted octanol–water partition coefficient (Wildman–Crippen LogP) is 3.43. The Kier molecular flexibility index (Phi) is 6.16. The Morgan fingerprint density at radius 2 is 2.07 bits per heavy atom. The van der Waals surface area contributed by atoms with Gasteiger partial charge in [-0.05, 0) is 56.5 Å². The van der Waals surface area contributed by atoms with E-state index in [9.17, 15) is 9.59 Å². The van der Waals surface area contributed by atoms with Crippen LogP contribution in [-0.2, 0) is 6.54 Å². The Morgan fingerprint density at radius 3 is 2.81 bits per heavy atom. The largest absolute Gasteiger partial charge is 0.465 e. The standard InChI is InChI=1S/C21H27N3O3/c1-3-22-21(26)24-11-5-8-18(14-24)16-6-4-7-17(12-16)20(25)23-13-19-10-9-15(2)27-19/h4,6-7,9-10,12,18H,3,5,8,11,13-14H2,1-2H3,(H,22,26)(H,23,25). The van der Waals surface area contributed by atoms with Gasteiger partial charge in [-0.1, -0.05) is 12.1 Å². The first-order chi connectivity index (χ1) is 13.1. The number of rotatable bonds is 5. The molecule has 1 aliphatic rings. The maximum atomic E-state index is 12.5. The smallest absolute Gasteiger partial charge is 0.317 e. The quantitative estimate of drug-likeness (QED) is 0.848. The minimum atomic E-state index is -0.123. The van der Waals surface area contributed by atoms with Crippen molar-refractivity contribution >= 4 is 11.9 Å². The van der Waals surface area contributed by atoms with Crippen LogP contribution in [0.15, 0.2) is 40.8 Å². The first-order valence-corrected chi connectivity index (χ1v) is 9.53. The van der Waals surface area contributed by atoms with Crippen molar-refractivity contribution in [3.05, 3.63) is 59.0 Å². The monoisotopic (exact) mass is 369 g/mol. The van der Waals surface area contributed by atoms with Gasteiger partial charge < -0.3 is 20.0 Å². The summed E-state index contributed by atoms with van der Waals surface area (Å²) in [5, 5.41) is 5.76. The molecule has 1 atom stereocenters. The van der Waals surface area contributed by atoms with Gasteiger partial charge in [-0.3, -0.25) is 4.79 Å². The second-order valence-corrected chi connectivity index (χ2v) is 6.94. The number of urea groups is 1. The van der Waals surface area contributed by atoms with E-state index in [1.165, 1.54) is 0 Å². The summed E-state index contributed by atoms with van der Waals surface area (Å²) in [5.74, 6) is 1.70. The van der Waals surface area contributed by atoms with Gasteiger partial charge >= 0.3 is 6.03 Å². The first-order valence-electron chi connectivity index (χ1n) is 9.53. The van der Waals surface area contributed by atoms with Gasteiger partial charge in [0.25, 0.3) is 5.91 Å². The van der Waals surface area contributed by atoms with E-state index in [1.54, 1.807) is 0 Å². The molecule has 1 unspecified atom stereocenters. The highest BCUT2D eigenvalue weighted by Crippen LogP contribution is 2.27. The number of amides is 3. The van der Waals surface area contributed by atoms with Gasteiger partial charge in [-0.15, -0.1) is 0 Å². The molecular weight excluding hydrogens is 342 g/mol. The van der Waals surface area contributed by atoms with Crippen LogP contribution in [0, 0.1) is 6.92 Å². The van der Waals surface area contributed by atoms with Gasteiger partial charge in [-0.25, -0.2) is 4.79 Å². The Labute approximate surface area is 159 Å². The molecule has 3 amide bonds. The van der Waals surface area contributed by atoms with Gasteiger partial charge in [0.1, 0.15) is 11.5 Å². The number of carbonyl (C=O) groups excluding carboxylic acids is 2. The topological polar surface area (TPSA) is 74.6 Å². The first kappa shape index (κ1) is 19.0. The summed E-state index contributed by atoms with van der Waals surface area (Å²) in [6.07, 6.45) is 1.99. The van der Waals surface area contributed by atoms with Crippen LogP contribution in [0.25, 0.3) is 0 Å². The van der Waals surface area contributed by atoms with Crippen LogP contribution in [0.2, 0.25) is 0 Å². The number of carbonyl (C=O) groups is 2. The lowest BCUT2D eigenvalue weighted by Gasteiger charge is -2.33. The SMILES string of the molecule is CCNC(=O)N1CCCC(c2cccc(C(=O)NCc3ccc(C)o3)c2)C1. The van der Waals surface area contributed by atoms with E-state index >= 15 is 0 Å². The van der Waals surface area contributed by atoms with E-state index < -0.39 is 0 Å². The Morgan fingerprint density at radius 1 is 1.22 bits per heavy atom. The molecule has 0 spiro atoms. The third kappa shape index (κ3) is 4.90. The molecule has 2 N–H and O–H groups in total. The van der Waals surface area contributed by atoms with E-state index in [0.717, 1.165) is 36.5 Å². The summed E-state index contributed by atoms with van der Waals surface area (Å²) < 4.78 is 5.48. The van der Waals surface area contributed by atoms with Crippen molar-refractivity contribution in [3.8, 4) is 0 Å². The van der Waals surface area contributed by atoms with Gasteiger partial charge in [-0.2, -0.15) is 0 Å². The number of nitrogens with one attached hydrogen (secondary N) is 2. The molecule has 3 rings (SSSR count). The molecule has 0 bridgehead atoms. The fourth-order valence-electron chi connectivity index (χ4n) is 3.48. The highest BCUT2D eigenvalue weighted by Gasteiger charge is 2.24. The summed E-state index contributed by atoms with van der Waals surface area (Å²) in [7, 11) is 0. The molecule has 1 saturated heterocycles. The normalized spacial score (nSPS) is 16.8. The van der Waals surface area contributed by atoms with Crippen LogP contribution >= 0.6 is 0 Å². The van der Waals surface area contributed by atoms with Crippen LogP contribution in [0.1, 0.15) is 53.1 Å². The summed E-state index contributed by atoms with van der Waals surface area (Å²) in [4.78, 5) is 26.5. The third-order valence-electron chi connectivity index (χ3n) is 4.88. The molecule has 6 nitrogen and oxygen atoms in total. The van der Waals surface area contributed by atoms with Gasteiger partial charge in [0.05, 0.1) is 6.54 Å². The van der Waals surface area contributed by atoms with Crippen LogP contribution < -0.4 is 10.6 Å². The van der Waals surface area contributed by atoms with Crippen LogP contribution in [0.4, 0.5) is 4.79 Å². The van der Waals surface area contributed by atoms with Gasteiger partial charge in [0, 0.05) is 31.1 Å². The van der Waals surface area contributed by atoms with E-state index in [2.05, 4.69) is 10.6 Å². The molecule has 1 fully saturated rings. The number of hydrogen-bond donors (Lipinski definition) is 2. The van der Waals surface area contributed by atoms with Crippen LogP contribution in [0.3, 0.4) is 0 Å². The number of benzene rings is 1. The maximum Gasteiger partial charge on any atom is 0.317 e. The molecule has 1 aliphatic heterocycles. The average Bonchev–Trinajstić information content (AvgIpc) is 3.12. The van der Waals surface area contributed by atoms with E-state index in [4.69, 9.17) is 4.42 Å². The Bertz CT molecular complexity index is 799. The molecule has 6 heteroatoms. The molecule has 2 heterocycles. The molecular formula is C21H27N3O3. The second kappa shape index (κ2) is 8.75. The number of piperidine rings is 1. The lowest BCUT2D eigenvalue weighted by atomic mass is 9.89. The number of aryl methyl sites for hydroxylation is 1. The van der Waals surface area contributed by atoms with Crippen molar-refractivity contribution in [3.63, 3.8) is 0 Å². The molecule has 1 aromatic carbocycles. The zero-order chi connectivity index (χ0) is 19.2. The number of nitrogens with zero attached hydrogens (tertiary/aromatic N) is 1. The van der Waals surface area contributed by atoms with Gasteiger partial charge in [0.15, 0.2) is 0 Å². The summed E-state index contributed by atoms with van der Waals surface area (Å²) in [6.45, 7) is 6.26. The predicted molar refractivity (Wildman–Crippen MR) is 104 cm³/mol. The summed E-state index contributed by atoms with van der Waals surface area (Å²) in [6, 6.07) is 11.4. The molecule has 0 aliphatic carbocycles. The minimum absolute atomic E-state index is 0.00941. The molecule has 2 aromatic rings. The molecule has 0 radical (unpaired) electrons. The highest BCUT2D eigenvalue weighted by molar-refractivity contribution is 5.94. The van der Waals surface area contributed by atoms with Crippen LogP contribution in [0.5, 0.6) is 0 Å². The fourth-order valence-corrected chi connectivity index (χ4v) is 3.48. The number of hydrogen-bond acceptors (Lipinski definition) is 3. The van der Waals surface area contributed by atoms with Crippen molar-refractivity contribution < 1.29 is 14.0 Å². The third-order valence-corrected chi connectivity index (χ3v) is 4.88. The second-order valence-electron chi connectivity index (χ2n) is 6.94. The maximum absolute atomic E-state index is 12.5. The van der Waals surface area contributed by atoms with Crippen molar-refractivity contribution in [1.29, 1.82) is 0 Å². The minimum Gasteiger partial charge on any atom is -0.465 e. The van der Waals surface area contributed by atoms with Crippen molar-refractivity contribution in [2.45, 2.75) is 39.2 Å². The molecule has 0 saturated carbocycles. The Balaban J connectivity index is 1.63. The van der Waals surface area contributed by atoms with Gasteiger partial charge in [0.2, 0.25) is 0 Å². The zero-order valence-corrected chi connectivity index (χ0v) is 16.0. The highest BCUT2D eigenvalue weighted by atomic mass is 16.3. The zero-order valence-electron chi connectivity index (χ0n) is 16.0. The fraction of sp³-hybridized carbons (Fsp3) is 0.429. The van der Waals surface area contributed by atoms with E-state index in [0.29, 0.717) is 25.2 Å².